The monoisotopic (exact) mass is 268 g/mol. The molecule has 2 rings (SSSR count). The molecule has 18 heavy (non-hydrogen) atoms. The molecule has 0 fully saturated rings. The van der Waals surface area contributed by atoms with Crippen LogP contribution < -0.4 is 11.3 Å². The fourth-order valence-electron chi connectivity index (χ4n) is 1.81. The topological polar surface area (TPSA) is 38.0 Å². The molecule has 0 radical (unpaired) electrons. The van der Waals surface area contributed by atoms with Crippen LogP contribution in [-0.4, -0.2) is 0 Å². The minimum Gasteiger partial charge on any atom is -0.271 e. The SMILES string of the molecule is Cc1ccc(C(Cc2c(F)cccc2F)NN)s1. The van der Waals surface area contributed by atoms with Crippen LogP contribution in [0.2, 0.25) is 0 Å². The summed E-state index contributed by atoms with van der Waals surface area (Å²) in [6.07, 6.45) is 0.189. The van der Waals surface area contributed by atoms with Gasteiger partial charge in [-0.15, -0.1) is 11.3 Å². The van der Waals surface area contributed by atoms with Crippen molar-refractivity contribution < 1.29 is 8.78 Å². The third kappa shape index (κ3) is 2.75. The van der Waals surface area contributed by atoms with Gasteiger partial charge in [0.25, 0.3) is 0 Å². The van der Waals surface area contributed by atoms with Crippen molar-refractivity contribution in [1.82, 2.24) is 5.43 Å². The lowest BCUT2D eigenvalue weighted by Crippen LogP contribution is -2.29. The van der Waals surface area contributed by atoms with E-state index in [1.165, 1.54) is 18.2 Å². The maximum Gasteiger partial charge on any atom is 0.129 e. The Kier molecular flexibility index (Phi) is 4.06. The molecule has 0 bridgehead atoms. The zero-order chi connectivity index (χ0) is 13.1. The zero-order valence-corrected chi connectivity index (χ0v) is 10.7. The van der Waals surface area contributed by atoms with Gasteiger partial charge in [0, 0.05) is 15.3 Å². The van der Waals surface area contributed by atoms with E-state index in [0.29, 0.717) is 0 Å². The molecule has 0 aliphatic rings. The highest BCUT2D eigenvalue weighted by Crippen LogP contribution is 2.26. The molecule has 0 spiro atoms. The van der Waals surface area contributed by atoms with Crippen molar-refractivity contribution in [1.29, 1.82) is 0 Å². The highest BCUT2D eigenvalue weighted by molar-refractivity contribution is 7.12. The Labute approximate surface area is 108 Å². The number of benzene rings is 1. The first-order chi connectivity index (χ1) is 8.61. The lowest BCUT2D eigenvalue weighted by atomic mass is 10.0. The van der Waals surface area contributed by atoms with E-state index < -0.39 is 11.6 Å². The Morgan fingerprint density at radius 3 is 2.39 bits per heavy atom. The van der Waals surface area contributed by atoms with Gasteiger partial charge in [0.15, 0.2) is 0 Å². The molecule has 0 amide bonds. The van der Waals surface area contributed by atoms with Gasteiger partial charge in [-0.1, -0.05) is 6.07 Å². The summed E-state index contributed by atoms with van der Waals surface area (Å²) in [5.41, 5.74) is 2.67. The van der Waals surface area contributed by atoms with E-state index >= 15 is 0 Å². The van der Waals surface area contributed by atoms with Crippen molar-refractivity contribution in [2.75, 3.05) is 0 Å². The smallest absolute Gasteiger partial charge is 0.129 e. The fraction of sp³-hybridized carbons (Fsp3) is 0.231. The lowest BCUT2D eigenvalue weighted by molar-refractivity contribution is 0.504. The van der Waals surface area contributed by atoms with Gasteiger partial charge in [-0.2, -0.15) is 0 Å². The first-order valence-electron chi connectivity index (χ1n) is 5.57. The molecule has 0 aliphatic heterocycles. The Morgan fingerprint density at radius 2 is 1.89 bits per heavy atom. The van der Waals surface area contributed by atoms with Crippen LogP contribution in [-0.2, 0) is 6.42 Å². The molecule has 0 saturated heterocycles. The molecule has 1 aromatic heterocycles. The van der Waals surface area contributed by atoms with Crippen molar-refractivity contribution in [3.05, 3.63) is 57.3 Å². The number of rotatable bonds is 4. The minimum atomic E-state index is -0.538. The van der Waals surface area contributed by atoms with Crippen LogP contribution in [0.1, 0.15) is 21.4 Å². The second-order valence-corrected chi connectivity index (χ2v) is 5.39. The van der Waals surface area contributed by atoms with Crippen LogP contribution in [0.15, 0.2) is 30.3 Å². The number of hydrogen-bond donors (Lipinski definition) is 2. The Hall–Kier alpha value is -1.30. The molecule has 96 valence electrons. The van der Waals surface area contributed by atoms with Crippen LogP contribution in [0.25, 0.3) is 0 Å². The van der Waals surface area contributed by atoms with E-state index in [2.05, 4.69) is 5.43 Å². The van der Waals surface area contributed by atoms with E-state index in [1.807, 2.05) is 19.1 Å². The molecular weight excluding hydrogens is 254 g/mol. The van der Waals surface area contributed by atoms with Gasteiger partial charge in [0.05, 0.1) is 6.04 Å². The van der Waals surface area contributed by atoms with Crippen LogP contribution in [0.4, 0.5) is 8.78 Å². The van der Waals surface area contributed by atoms with Crippen molar-refractivity contribution in [2.24, 2.45) is 5.84 Å². The lowest BCUT2D eigenvalue weighted by Gasteiger charge is -2.15. The average molecular weight is 268 g/mol. The third-order valence-corrected chi connectivity index (χ3v) is 3.89. The van der Waals surface area contributed by atoms with E-state index in [4.69, 9.17) is 5.84 Å². The number of thiophene rings is 1. The standard InChI is InChI=1S/C13H14F2N2S/c1-8-5-6-13(18-8)12(17-16)7-9-10(14)3-2-4-11(9)15/h2-6,12,17H,7,16H2,1H3. The summed E-state index contributed by atoms with van der Waals surface area (Å²) < 4.78 is 27.1. The van der Waals surface area contributed by atoms with E-state index in [1.54, 1.807) is 11.3 Å². The first kappa shape index (κ1) is 13.1. The molecule has 1 unspecified atom stereocenters. The number of nitrogens with one attached hydrogen (secondary N) is 1. The fourth-order valence-corrected chi connectivity index (χ4v) is 2.75. The summed E-state index contributed by atoms with van der Waals surface area (Å²) in [6.45, 7) is 1.98. The van der Waals surface area contributed by atoms with Crippen molar-refractivity contribution in [3.8, 4) is 0 Å². The molecule has 0 saturated carbocycles. The summed E-state index contributed by atoms with van der Waals surface area (Å²) in [5, 5.41) is 0. The Morgan fingerprint density at radius 1 is 1.22 bits per heavy atom. The van der Waals surface area contributed by atoms with Gasteiger partial charge in [0.1, 0.15) is 11.6 Å². The molecule has 2 aromatic rings. The second kappa shape index (κ2) is 5.56. The molecular formula is C13H14F2N2S. The summed E-state index contributed by atoms with van der Waals surface area (Å²) in [4.78, 5) is 2.11. The van der Waals surface area contributed by atoms with E-state index in [-0.39, 0.29) is 18.0 Å². The van der Waals surface area contributed by atoms with Gasteiger partial charge in [-0.05, 0) is 37.6 Å². The number of halogens is 2. The maximum atomic E-state index is 13.6. The summed E-state index contributed by atoms with van der Waals surface area (Å²) in [5.74, 6) is 4.40. The molecule has 0 aliphatic carbocycles. The van der Waals surface area contributed by atoms with E-state index in [0.717, 1.165) is 9.75 Å². The predicted octanol–water partition coefficient (Wildman–Crippen LogP) is 3.08. The minimum absolute atomic E-state index is 0.0616. The molecule has 1 heterocycles. The molecule has 3 N–H and O–H groups in total. The van der Waals surface area contributed by atoms with Gasteiger partial charge < -0.3 is 0 Å². The Balaban J connectivity index is 2.26. The molecule has 5 heteroatoms. The number of hydrogen-bond acceptors (Lipinski definition) is 3. The van der Waals surface area contributed by atoms with Crippen LogP contribution in [0.3, 0.4) is 0 Å². The highest BCUT2D eigenvalue weighted by Gasteiger charge is 2.17. The number of nitrogens with two attached hydrogens (primary N) is 1. The largest absolute Gasteiger partial charge is 0.271 e. The second-order valence-electron chi connectivity index (χ2n) is 4.07. The van der Waals surface area contributed by atoms with Gasteiger partial charge in [-0.25, -0.2) is 8.78 Å². The third-order valence-electron chi connectivity index (χ3n) is 2.78. The quantitative estimate of drug-likeness (QED) is 0.660. The van der Waals surface area contributed by atoms with Crippen LogP contribution >= 0.6 is 11.3 Å². The average Bonchev–Trinajstić information content (AvgIpc) is 2.76. The first-order valence-corrected chi connectivity index (χ1v) is 6.39. The summed E-state index contributed by atoms with van der Waals surface area (Å²) >= 11 is 1.56. The summed E-state index contributed by atoms with van der Waals surface area (Å²) in [7, 11) is 0. The molecule has 1 atom stereocenters. The van der Waals surface area contributed by atoms with Gasteiger partial charge in [-0.3, -0.25) is 11.3 Å². The summed E-state index contributed by atoms with van der Waals surface area (Å²) in [6, 6.07) is 7.46. The van der Waals surface area contributed by atoms with Crippen molar-refractivity contribution in [2.45, 2.75) is 19.4 Å². The van der Waals surface area contributed by atoms with Gasteiger partial charge >= 0.3 is 0 Å². The number of hydrazine groups is 1. The normalized spacial score (nSPS) is 12.7. The zero-order valence-electron chi connectivity index (χ0n) is 9.91. The predicted molar refractivity (Wildman–Crippen MR) is 69.2 cm³/mol. The van der Waals surface area contributed by atoms with Crippen LogP contribution in [0, 0.1) is 18.6 Å². The maximum absolute atomic E-state index is 13.6. The van der Waals surface area contributed by atoms with Crippen molar-refractivity contribution >= 4 is 11.3 Å². The van der Waals surface area contributed by atoms with Crippen molar-refractivity contribution in [3.63, 3.8) is 0 Å². The van der Waals surface area contributed by atoms with Crippen LogP contribution in [0.5, 0.6) is 0 Å². The molecule has 2 nitrogen and oxygen atoms in total. The van der Waals surface area contributed by atoms with E-state index in [9.17, 15) is 8.78 Å². The highest BCUT2D eigenvalue weighted by atomic mass is 32.1. The molecule has 1 aromatic carbocycles. The number of aryl methyl sites for hydroxylation is 1. The Bertz CT molecular complexity index is 519. The van der Waals surface area contributed by atoms with Gasteiger partial charge in [0.2, 0.25) is 0 Å².